The molecule has 2 bridgehead atoms. The minimum Gasteiger partial charge on any atom is -0.358 e. The zero-order chi connectivity index (χ0) is 18.4. The van der Waals surface area contributed by atoms with Crippen molar-refractivity contribution in [3.8, 4) is 0 Å². The van der Waals surface area contributed by atoms with Crippen molar-refractivity contribution in [3.05, 3.63) is 35.3 Å². The molecule has 6 heteroatoms. The van der Waals surface area contributed by atoms with E-state index in [1.807, 2.05) is 16.7 Å². The van der Waals surface area contributed by atoms with Crippen LogP contribution in [0.4, 0.5) is 4.39 Å². The molecular weight excluding hydrogens is 333 g/mol. The van der Waals surface area contributed by atoms with Gasteiger partial charge in [-0.05, 0) is 49.4 Å². The fourth-order valence-corrected chi connectivity index (χ4v) is 4.48. The first-order chi connectivity index (χ1) is 12.4. The summed E-state index contributed by atoms with van der Waals surface area (Å²) in [6, 6.07) is 4.72. The molecule has 26 heavy (non-hydrogen) atoms. The molecule has 1 aromatic heterocycles. The van der Waals surface area contributed by atoms with Gasteiger partial charge in [-0.1, -0.05) is 0 Å². The summed E-state index contributed by atoms with van der Waals surface area (Å²) < 4.78 is 13.7. The Balaban J connectivity index is 1.58. The van der Waals surface area contributed by atoms with E-state index >= 15 is 0 Å². The molecule has 1 aromatic carbocycles. The molecule has 0 spiro atoms. The Hall–Kier alpha value is -2.37. The first kappa shape index (κ1) is 17.1. The molecular formula is C20H24FN3O2. The molecule has 3 saturated heterocycles. The fraction of sp³-hybridized carbons (Fsp3) is 0.500. The topological polar surface area (TPSA) is 56.4 Å². The Morgan fingerprint density at radius 2 is 2.04 bits per heavy atom. The third-order valence-electron chi connectivity index (χ3n) is 5.89. The normalized spacial score (nSPS) is 22.7. The number of hydrogen-bond acceptors (Lipinski definition) is 2. The Morgan fingerprint density at radius 1 is 1.23 bits per heavy atom. The summed E-state index contributed by atoms with van der Waals surface area (Å²) in [5.41, 5.74) is 2.63. The number of benzene rings is 1. The van der Waals surface area contributed by atoms with Crippen LogP contribution in [-0.4, -0.2) is 52.3 Å². The Kier molecular flexibility index (Phi) is 4.21. The second-order valence-electron chi connectivity index (χ2n) is 7.66. The van der Waals surface area contributed by atoms with E-state index in [-0.39, 0.29) is 30.1 Å². The van der Waals surface area contributed by atoms with Gasteiger partial charge in [-0.15, -0.1) is 0 Å². The number of nitrogens with zero attached hydrogens (tertiary/aromatic N) is 2. The van der Waals surface area contributed by atoms with Crippen LogP contribution in [0.2, 0.25) is 0 Å². The number of hydrogen-bond donors (Lipinski definition) is 1. The maximum atomic E-state index is 13.7. The van der Waals surface area contributed by atoms with Crippen molar-refractivity contribution in [2.75, 3.05) is 19.6 Å². The molecule has 4 heterocycles. The van der Waals surface area contributed by atoms with Gasteiger partial charge in [0.15, 0.2) is 0 Å². The van der Waals surface area contributed by atoms with Crippen LogP contribution in [-0.2, 0) is 16.0 Å². The smallest absolute Gasteiger partial charge is 0.227 e. The van der Waals surface area contributed by atoms with Gasteiger partial charge in [0.1, 0.15) is 5.82 Å². The SMILES string of the molecule is CC(=O)N1C[C@@H]2CC[C@H](C1)N(C(=O)Cc1c(C)[nH]c3ccc(F)cc13)C2. The minimum atomic E-state index is -0.295. The van der Waals surface area contributed by atoms with Gasteiger partial charge in [0.2, 0.25) is 11.8 Å². The molecule has 5 nitrogen and oxygen atoms in total. The summed E-state index contributed by atoms with van der Waals surface area (Å²) in [5, 5.41) is 0.779. The highest BCUT2D eigenvalue weighted by atomic mass is 19.1. The number of aryl methyl sites for hydroxylation is 1. The predicted molar refractivity (Wildman–Crippen MR) is 97.2 cm³/mol. The molecule has 3 aliphatic rings. The molecule has 2 aromatic rings. The van der Waals surface area contributed by atoms with E-state index in [2.05, 4.69) is 4.98 Å². The molecule has 1 N–H and O–H groups in total. The highest BCUT2D eigenvalue weighted by Gasteiger charge is 2.38. The van der Waals surface area contributed by atoms with Crippen LogP contribution in [0.25, 0.3) is 10.9 Å². The lowest BCUT2D eigenvalue weighted by Gasteiger charge is -2.36. The summed E-state index contributed by atoms with van der Waals surface area (Å²) in [5.74, 6) is 0.205. The Labute approximate surface area is 152 Å². The Morgan fingerprint density at radius 3 is 2.81 bits per heavy atom. The van der Waals surface area contributed by atoms with Crippen LogP contribution in [0.5, 0.6) is 0 Å². The number of H-pyrrole nitrogens is 1. The molecule has 138 valence electrons. The summed E-state index contributed by atoms with van der Waals surface area (Å²) in [4.78, 5) is 32.0. The van der Waals surface area contributed by atoms with Crippen molar-refractivity contribution in [2.24, 2.45) is 5.92 Å². The van der Waals surface area contributed by atoms with Gasteiger partial charge < -0.3 is 14.8 Å². The molecule has 2 atom stereocenters. The lowest BCUT2D eigenvalue weighted by Crippen LogP contribution is -2.48. The molecule has 0 unspecified atom stereocenters. The van der Waals surface area contributed by atoms with E-state index in [4.69, 9.17) is 0 Å². The fourth-order valence-electron chi connectivity index (χ4n) is 4.48. The van der Waals surface area contributed by atoms with E-state index in [1.165, 1.54) is 12.1 Å². The average Bonchev–Trinajstić information content (AvgIpc) is 2.79. The van der Waals surface area contributed by atoms with Crippen LogP contribution in [0.15, 0.2) is 18.2 Å². The van der Waals surface area contributed by atoms with Crippen molar-refractivity contribution in [1.29, 1.82) is 0 Å². The highest BCUT2D eigenvalue weighted by Crippen LogP contribution is 2.30. The number of carbonyl (C=O) groups is 2. The first-order valence-electron chi connectivity index (χ1n) is 9.24. The van der Waals surface area contributed by atoms with Crippen molar-refractivity contribution in [1.82, 2.24) is 14.8 Å². The molecule has 3 fully saturated rings. The van der Waals surface area contributed by atoms with Crippen LogP contribution in [0.3, 0.4) is 0 Å². The van der Waals surface area contributed by atoms with Gasteiger partial charge in [0.25, 0.3) is 0 Å². The zero-order valence-electron chi connectivity index (χ0n) is 15.2. The monoisotopic (exact) mass is 357 g/mol. The zero-order valence-corrected chi connectivity index (χ0v) is 15.2. The van der Waals surface area contributed by atoms with Crippen LogP contribution in [0.1, 0.15) is 31.0 Å². The summed E-state index contributed by atoms with van der Waals surface area (Å²) in [7, 11) is 0. The van der Waals surface area contributed by atoms with Crippen LogP contribution >= 0.6 is 0 Å². The Bertz CT molecular complexity index is 875. The van der Waals surface area contributed by atoms with Crippen molar-refractivity contribution in [3.63, 3.8) is 0 Å². The summed E-state index contributed by atoms with van der Waals surface area (Å²) >= 11 is 0. The lowest BCUT2D eigenvalue weighted by atomic mass is 9.94. The van der Waals surface area contributed by atoms with E-state index in [0.717, 1.165) is 41.5 Å². The number of piperidine rings is 1. The third kappa shape index (κ3) is 2.97. The van der Waals surface area contributed by atoms with Crippen LogP contribution < -0.4 is 0 Å². The minimum absolute atomic E-state index is 0.0679. The highest BCUT2D eigenvalue weighted by molar-refractivity contribution is 5.90. The maximum Gasteiger partial charge on any atom is 0.227 e. The average molecular weight is 357 g/mol. The van der Waals surface area contributed by atoms with Crippen LogP contribution in [0, 0.1) is 18.7 Å². The van der Waals surface area contributed by atoms with Crippen molar-refractivity contribution in [2.45, 2.75) is 39.2 Å². The number of halogens is 1. The molecule has 3 aliphatic heterocycles. The molecule has 0 aliphatic carbocycles. The number of amides is 2. The third-order valence-corrected chi connectivity index (χ3v) is 5.89. The van der Waals surface area contributed by atoms with Gasteiger partial charge in [0, 0.05) is 49.2 Å². The standard InChI is InChI=1S/C20H24FN3O2/c1-12-17(18-7-15(21)4-6-19(18)22-12)8-20(26)24-10-14-3-5-16(24)11-23(9-14)13(2)25/h4,6-7,14,16,22H,3,5,8-11H2,1-2H3/t14-,16+/m0/s1. The maximum absolute atomic E-state index is 13.7. The second-order valence-corrected chi connectivity index (χ2v) is 7.66. The van der Waals surface area contributed by atoms with Gasteiger partial charge in [-0.25, -0.2) is 4.39 Å². The van der Waals surface area contributed by atoms with Crippen molar-refractivity contribution < 1.29 is 14.0 Å². The van der Waals surface area contributed by atoms with E-state index in [0.29, 0.717) is 19.0 Å². The number of fused-ring (bicyclic) bond motifs is 5. The number of aromatic amines is 1. The molecule has 5 rings (SSSR count). The van der Waals surface area contributed by atoms with Gasteiger partial charge in [0.05, 0.1) is 6.42 Å². The van der Waals surface area contributed by atoms with Gasteiger partial charge in [-0.3, -0.25) is 9.59 Å². The lowest BCUT2D eigenvalue weighted by molar-refractivity contribution is -0.135. The summed E-state index contributed by atoms with van der Waals surface area (Å²) in [6.45, 7) is 5.60. The van der Waals surface area contributed by atoms with E-state index < -0.39 is 0 Å². The number of rotatable bonds is 2. The number of aromatic nitrogens is 1. The molecule has 0 radical (unpaired) electrons. The molecule has 0 saturated carbocycles. The first-order valence-corrected chi connectivity index (χ1v) is 9.24. The summed E-state index contributed by atoms with van der Waals surface area (Å²) in [6.07, 6.45) is 2.27. The second kappa shape index (κ2) is 6.41. The number of nitrogens with one attached hydrogen (secondary N) is 1. The van der Waals surface area contributed by atoms with E-state index in [9.17, 15) is 14.0 Å². The van der Waals surface area contributed by atoms with E-state index in [1.54, 1.807) is 13.0 Å². The van der Waals surface area contributed by atoms with Crippen molar-refractivity contribution >= 4 is 22.7 Å². The van der Waals surface area contributed by atoms with Gasteiger partial charge in [-0.2, -0.15) is 0 Å². The number of carbonyl (C=O) groups excluding carboxylic acids is 2. The quantitative estimate of drug-likeness (QED) is 0.898. The van der Waals surface area contributed by atoms with Gasteiger partial charge >= 0.3 is 0 Å². The largest absolute Gasteiger partial charge is 0.358 e. The molecule has 2 amide bonds. The predicted octanol–water partition coefficient (Wildman–Crippen LogP) is 2.63.